The van der Waals surface area contributed by atoms with E-state index in [-0.39, 0.29) is 16.7 Å². The number of ether oxygens (including phenoxy) is 1. The molecule has 1 atom stereocenters. The Labute approximate surface area is 158 Å². The summed E-state index contributed by atoms with van der Waals surface area (Å²) in [6.07, 6.45) is 2.64. The summed E-state index contributed by atoms with van der Waals surface area (Å²) in [5, 5.41) is 2.54. The number of halogens is 3. The maximum atomic E-state index is 12.3. The summed E-state index contributed by atoms with van der Waals surface area (Å²) < 4.78 is 41.6. The molecule has 0 heterocycles. The van der Waals surface area contributed by atoms with Gasteiger partial charge in [-0.3, -0.25) is 4.79 Å². The number of esters is 1. The van der Waals surface area contributed by atoms with E-state index in [0.717, 1.165) is 0 Å². The van der Waals surface area contributed by atoms with Gasteiger partial charge in [-0.05, 0) is 41.1 Å². The Morgan fingerprint density at radius 1 is 1.07 bits per heavy atom. The third-order valence-corrected chi connectivity index (χ3v) is 4.14. The number of rotatable bonds is 6. The van der Waals surface area contributed by atoms with Crippen LogP contribution in [0.5, 0.6) is 0 Å². The van der Waals surface area contributed by atoms with Gasteiger partial charge in [-0.2, -0.15) is 13.2 Å². The van der Waals surface area contributed by atoms with Crippen LogP contribution >= 0.6 is 11.8 Å². The first kappa shape index (κ1) is 20.6. The van der Waals surface area contributed by atoms with Crippen molar-refractivity contribution in [2.24, 2.45) is 0 Å². The number of methoxy groups -OCH3 is 1. The minimum Gasteiger partial charge on any atom is -0.467 e. The van der Waals surface area contributed by atoms with Crippen molar-refractivity contribution in [1.29, 1.82) is 0 Å². The Hall–Kier alpha value is -2.74. The van der Waals surface area contributed by atoms with Crippen LogP contribution in [0.3, 0.4) is 0 Å². The van der Waals surface area contributed by atoms with E-state index in [1.165, 1.54) is 43.5 Å². The minimum absolute atomic E-state index is 0.0546. The molecule has 0 saturated heterocycles. The van der Waals surface area contributed by atoms with Crippen LogP contribution in [0.1, 0.15) is 17.2 Å². The molecule has 2 aromatic rings. The molecule has 0 spiro atoms. The Morgan fingerprint density at radius 3 is 2.26 bits per heavy atom. The first-order chi connectivity index (χ1) is 12.8. The van der Waals surface area contributed by atoms with Crippen LogP contribution in [0.2, 0.25) is 0 Å². The number of hydrogen-bond acceptors (Lipinski definition) is 4. The molecule has 0 radical (unpaired) electrons. The van der Waals surface area contributed by atoms with Gasteiger partial charge < -0.3 is 10.1 Å². The molecule has 8 heteroatoms. The predicted molar refractivity (Wildman–Crippen MR) is 96.7 cm³/mol. The SMILES string of the molecule is COC(=O)C(NC(=O)/C=C/c1ccc(SC(F)(F)F)cc1)c1ccccc1. The number of nitrogens with one attached hydrogen (secondary N) is 1. The molecule has 27 heavy (non-hydrogen) atoms. The molecule has 1 unspecified atom stereocenters. The summed E-state index contributed by atoms with van der Waals surface area (Å²) in [6, 6.07) is 13.2. The van der Waals surface area contributed by atoms with E-state index in [1.807, 2.05) is 0 Å². The molecular formula is C19H16F3NO3S. The van der Waals surface area contributed by atoms with E-state index in [2.05, 4.69) is 5.32 Å². The second-order valence-corrected chi connectivity index (χ2v) is 6.46. The fourth-order valence-electron chi connectivity index (χ4n) is 2.18. The standard InChI is InChI=1S/C19H16F3NO3S/c1-26-18(25)17(14-5-3-2-4-6-14)23-16(24)12-9-13-7-10-15(11-8-13)27-19(20,21)22/h2-12,17H,1H3,(H,23,24)/b12-9+. The molecule has 1 amide bonds. The Balaban J connectivity index is 2.03. The average molecular weight is 395 g/mol. The average Bonchev–Trinajstić information content (AvgIpc) is 2.64. The Bertz CT molecular complexity index is 805. The van der Waals surface area contributed by atoms with Gasteiger partial charge in [0.1, 0.15) is 0 Å². The fraction of sp³-hybridized carbons (Fsp3) is 0.158. The molecule has 0 aliphatic heterocycles. The second-order valence-electron chi connectivity index (χ2n) is 5.33. The van der Waals surface area contributed by atoms with Gasteiger partial charge in [0.2, 0.25) is 5.91 Å². The molecule has 0 saturated carbocycles. The predicted octanol–water partition coefficient (Wildman–Crippen LogP) is 4.34. The van der Waals surface area contributed by atoms with Gasteiger partial charge in [-0.15, -0.1) is 0 Å². The number of alkyl halides is 3. The van der Waals surface area contributed by atoms with Crippen LogP contribution in [0, 0.1) is 0 Å². The summed E-state index contributed by atoms with van der Waals surface area (Å²) in [5.74, 6) is -1.15. The lowest BCUT2D eigenvalue weighted by molar-refractivity contribution is -0.144. The molecular weight excluding hydrogens is 379 g/mol. The lowest BCUT2D eigenvalue weighted by Crippen LogP contribution is -2.33. The van der Waals surface area contributed by atoms with Gasteiger partial charge in [0, 0.05) is 11.0 Å². The third-order valence-electron chi connectivity index (χ3n) is 3.40. The molecule has 142 valence electrons. The van der Waals surface area contributed by atoms with Crippen molar-refractivity contribution in [3.8, 4) is 0 Å². The van der Waals surface area contributed by atoms with Crippen molar-refractivity contribution < 1.29 is 27.5 Å². The van der Waals surface area contributed by atoms with Crippen LogP contribution in [-0.4, -0.2) is 24.5 Å². The first-order valence-electron chi connectivity index (χ1n) is 7.75. The van der Waals surface area contributed by atoms with Crippen LogP contribution in [-0.2, 0) is 14.3 Å². The highest BCUT2D eigenvalue weighted by molar-refractivity contribution is 8.00. The zero-order chi connectivity index (χ0) is 19.9. The summed E-state index contributed by atoms with van der Waals surface area (Å²) in [7, 11) is 1.22. The molecule has 0 bridgehead atoms. The van der Waals surface area contributed by atoms with Crippen molar-refractivity contribution in [2.75, 3.05) is 7.11 Å². The van der Waals surface area contributed by atoms with Gasteiger partial charge in [0.15, 0.2) is 6.04 Å². The lowest BCUT2D eigenvalue weighted by Gasteiger charge is -2.15. The maximum absolute atomic E-state index is 12.3. The maximum Gasteiger partial charge on any atom is 0.446 e. The van der Waals surface area contributed by atoms with Crippen molar-refractivity contribution >= 4 is 29.7 Å². The number of hydrogen-bond donors (Lipinski definition) is 1. The van der Waals surface area contributed by atoms with Crippen molar-refractivity contribution in [1.82, 2.24) is 5.32 Å². The summed E-state index contributed by atoms with van der Waals surface area (Å²) in [5.41, 5.74) is -3.23. The van der Waals surface area contributed by atoms with E-state index in [9.17, 15) is 22.8 Å². The van der Waals surface area contributed by atoms with E-state index in [1.54, 1.807) is 30.3 Å². The fourth-order valence-corrected chi connectivity index (χ4v) is 2.72. The van der Waals surface area contributed by atoms with E-state index in [4.69, 9.17) is 4.74 Å². The molecule has 4 nitrogen and oxygen atoms in total. The Kier molecular flexibility index (Phi) is 7.06. The van der Waals surface area contributed by atoms with Crippen LogP contribution in [0.4, 0.5) is 13.2 Å². The van der Waals surface area contributed by atoms with Gasteiger partial charge >= 0.3 is 11.5 Å². The summed E-state index contributed by atoms with van der Waals surface area (Å²) >= 11 is -0.209. The lowest BCUT2D eigenvalue weighted by atomic mass is 10.1. The number of benzene rings is 2. The minimum atomic E-state index is -4.35. The highest BCUT2D eigenvalue weighted by Gasteiger charge is 2.29. The van der Waals surface area contributed by atoms with Gasteiger partial charge in [0.05, 0.1) is 7.11 Å². The van der Waals surface area contributed by atoms with Crippen molar-refractivity contribution in [2.45, 2.75) is 16.4 Å². The molecule has 0 aliphatic rings. The quantitative estimate of drug-likeness (QED) is 0.449. The van der Waals surface area contributed by atoms with Crippen LogP contribution in [0.15, 0.2) is 65.6 Å². The largest absolute Gasteiger partial charge is 0.467 e. The zero-order valence-corrected chi connectivity index (χ0v) is 15.0. The van der Waals surface area contributed by atoms with Gasteiger partial charge in [-0.25, -0.2) is 4.79 Å². The molecule has 1 N–H and O–H groups in total. The van der Waals surface area contributed by atoms with E-state index >= 15 is 0 Å². The number of thioether (sulfide) groups is 1. The van der Waals surface area contributed by atoms with Crippen molar-refractivity contribution in [3.63, 3.8) is 0 Å². The van der Waals surface area contributed by atoms with Crippen molar-refractivity contribution in [3.05, 3.63) is 71.8 Å². The molecule has 0 aliphatic carbocycles. The van der Waals surface area contributed by atoms with Crippen LogP contribution < -0.4 is 5.32 Å². The zero-order valence-electron chi connectivity index (χ0n) is 14.2. The molecule has 2 rings (SSSR count). The number of amides is 1. The normalized spacial score (nSPS) is 12.6. The second kappa shape index (κ2) is 9.27. The molecule has 0 aromatic heterocycles. The summed E-state index contributed by atoms with van der Waals surface area (Å²) in [6.45, 7) is 0. The number of carbonyl (C=O) groups is 2. The Morgan fingerprint density at radius 2 is 1.70 bits per heavy atom. The molecule has 0 fully saturated rings. The topological polar surface area (TPSA) is 55.4 Å². The highest BCUT2D eigenvalue weighted by Crippen LogP contribution is 2.36. The van der Waals surface area contributed by atoms with Gasteiger partial charge in [0.25, 0.3) is 0 Å². The highest BCUT2D eigenvalue weighted by atomic mass is 32.2. The third kappa shape index (κ3) is 6.82. The monoisotopic (exact) mass is 395 g/mol. The smallest absolute Gasteiger partial charge is 0.446 e. The first-order valence-corrected chi connectivity index (χ1v) is 8.57. The van der Waals surface area contributed by atoms with E-state index < -0.39 is 23.4 Å². The van der Waals surface area contributed by atoms with E-state index in [0.29, 0.717) is 11.1 Å². The number of carbonyl (C=O) groups excluding carboxylic acids is 2. The molecule has 2 aromatic carbocycles. The summed E-state index contributed by atoms with van der Waals surface area (Å²) in [4.78, 5) is 24.1. The van der Waals surface area contributed by atoms with Gasteiger partial charge in [-0.1, -0.05) is 42.5 Å². The van der Waals surface area contributed by atoms with Crippen LogP contribution in [0.25, 0.3) is 6.08 Å².